The number of carbonyl (C=O) groups is 2. The predicted molar refractivity (Wildman–Crippen MR) is 106 cm³/mol. The van der Waals surface area contributed by atoms with Gasteiger partial charge in [-0.15, -0.1) is 0 Å². The molecule has 1 amide bonds. The third-order valence-electron chi connectivity index (χ3n) is 4.03. The molecule has 1 aromatic heterocycles. The monoisotopic (exact) mass is 360 g/mol. The van der Waals surface area contributed by atoms with Crippen molar-refractivity contribution in [2.45, 2.75) is 20.8 Å². The first kappa shape index (κ1) is 18.3. The van der Waals surface area contributed by atoms with Crippen molar-refractivity contribution < 1.29 is 9.59 Å². The first-order valence-corrected chi connectivity index (χ1v) is 8.53. The van der Waals surface area contributed by atoms with Gasteiger partial charge in [0.1, 0.15) is 5.69 Å². The maximum Gasteiger partial charge on any atom is 0.274 e. The number of rotatable bonds is 5. The van der Waals surface area contributed by atoms with Crippen LogP contribution in [0.2, 0.25) is 0 Å². The van der Waals surface area contributed by atoms with E-state index in [1.54, 1.807) is 37.3 Å². The summed E-state index contributed by atoms with van der Waals surface area (Å²) >= 11 is 0. The molecule has 0 spiro atoms. The van der Waals surface area contributed by atoms with E-state index in [1.807, 2.05) is 31.2 Å². The number of amides is 1. The molecule has 0 aliphatic carbocycles. The first-order valence-electron chi connectivity index (χ1n) is 8.53. The number of ketones is 1. The summed E-state index contributed by atoms with van der Waals surface area (Å²) in [6, 6.07) is 16.2. The second-order valence-corrected chi connectivity index (χ2v) is 6.25. The molecule has 0 bridgehead atoms. The lowest BCUT2D eigenvalue weighted by atomic mass is 10.1. The number of hydrogen-bond donors (Lipinski definition) is 2. The molecule has 136 valence electrons. The van der Waals surface area contributed by atoms with Gasteiger partial charge in [0.15, 0.2) is 5.78 Å². The van der Waals surface area contributed by atoms with Crippen LogP contribution in [0.4, 0.5) is 17.3 Å². The van der Waals surface area contributed by atoms with Crippen molar-refractivity contribution in [3.05, 3.63) is 77.1 Å². The maximum atomic E-state index is 12.6. The number of hydrogen-bond acceptors (Lipinski definition) is 5. The van der Waals surface area contributed by atoms with Crippen molar-refractivity contribution >= 4 is 29.0 Å². The molecule has 0 saturated heterocycles. The van der Waals surface area contributed by atoms with Crippen LogP contribution in [0.1, 0.15) is 39.0 Å². The predicted octanol–water partition coefficient (Wildman–Crippen LogP) is 4.29. The summed E-state index contributed by atoms with van der Waals surface area (Å²) in [7, 11) is 0. The van der Waals surface area contributed by atoms with Crippen LogP contribution < -0.4 is 10.6 Å². The van der Waals surface area contributed by atoms with E-state index in [-0.39, 0.29) is 17.4 Å². The van der Waals surface area contributed by atoms with Crippen LogP contribution in [0.3, 0.4) is 0 Å². The first-order chi connectivity index (χ1) is 12.9. The molecule has 0 unspecified atom stereocenters. The zero-order valence-corrected chi connectivity index (χ0v) is 15.4. The van der Waals surface area contributed by atoms with Crippen LogP contribution in [0.5, 0.6) is 0 Å². The third-order valence-corrected chi connectivity index (χ3v) is 4.03. The Balaban J connectivity index is 1.80. The van der Waals surface area contributed by atoms with Crippen molar-refractivity contribution in [1.82, 2.24) is 9.97 Å². The van der Waals surface area contributed by atoms with E-state index in [0.29, 0.717) is 17.2 Å². The fourth-order valence-corrected chi connectivity index (χ4v) is 2.56. The number of nitrogens with one attached hydrogen (secondary N) is 2. The van der Waals surface area contributed by atoms with E-state index < -0.39 is 0 Å². The number of anilines is 3. The molecule has 2 N–H and O–H groups in total. The van der Waals surface area contributed by atoms with Crippen LogP contribution in [-0.4, -0.2) is 21.7 Å². The van der Waals surface area contributed by atoms with Gasteiger partial charge in [-0.05, 0) is 62.7 Å². The Morgan fingerprint density at radius 1 is 0.926 bits per heavy atom. The van der Waals surface area contributed by atoms with Crippen molar-refractivity contribution in [2.24, 2.45) is 0 Å². The summed E-state index contributed by atoms with van der Waals surface area (Å²) in [5, 5.41) is 5.94. The summed E-state index contributed by atoms with van der Waals surface area (Å²) < 4.78 is 0. The van der Waals surface area contributed by atoms with E-state index in [2.05, 4.69) is 20.6 Å². The summed E-state index contributed by atoms with van der Waals surface area (Å²) in [6.07, 6.45) is 0. The lowest BCUT2D eigenvalue weighted by Gasteiger charge is -2.10. The van der Waals surface area contributed by atoms with Crippen molar-refractivity contribution in [3.63, 3.8) is 0 Å². The highest BCUT2D eigenvalue weighted by Crippen LogP contribution is 2.17. The van der Waals surface area contributed by atoms with Crippen molar-refractivity contribution in [2.75, 3.05) is 10.6 Å². The smallest absolute Gasteiger partial charge is 0.274 e. The molecular weight excluding hydrogens is 340 g/mol. The molecule has 0 aliphatic heterocycles. The number of nitrogens with zero attached hydrogens (tertiary/aromatic N) is 2. The summed E-state index contributed by atoms with van der Waals surface area (Å²) in [4.78, 5) is 32.6. The molecule has 3 aromatic rings. The van der Waals surface area contributed by atoms with Gasteiger partial charge in [-0.25, -0.2) is 9.97 Å². The second-order valence-electron chi connectivity index (χ2n) is 6.25. The third kappa shape index (κ3) is 4.55. The summed E-state index contributed by atoms with van der Waals surface area (Å²) in [6.45, 7) is 5.25. The van der Waals surface area contributed by atoms with Gasteiger partial charge in [-0.1, -0.05) is 18.2 Å². The molecular formula is C21H20N4O2. The minimum atomic E-state index is -0.301. The average Bonchev–Trinajstić information content (AvgIpc) is 2.63. The minimum Gasteiger partial charge on any atom is -0.324 e. The lowest BCUT2D eigenvalue weighted by molar-refractivity contribution is 0.101. The minimum absolute atomic E-state index is 0.00326. The number of Topliss-reactive ketones (excluding diaryl/α,β-unsaturated/α-hetero) is 1. The van der Waals surface area contributed by atoms with E-state index in [9.17, 15) is 9.59 Å². The van der Waals surface area contributed by atoms with Gasteiger partial charge in [0.05, 0.1) is 0 Å². The molecule has 0 saturated carbocycles. The fraction of sp³-hybridized carbons (Fsp3) is 0.143. The topological polar surface area (TPSA) is 84.0 Å². The van der Waals surface area contributed by atoms with Gasteiger partial charge in [-0.2, -0.15) is 0 Å². The summed E-state index contributed by atoms with van der Waals surface area (Å²) in [5.74, 6) is 0.0220. The summed E-state index contributed by atoms with van der Waals surface area (Å²) in [5.41, 5.74) is 4.02. The molecule has 0 aliphatic rings. The Bertz CT molecular complexity index is 997. The molecule has 6 heteroatoms. The Labute approximate surface area is 157 Å². The highest BCUT2D eigenvalue weighted by Gasteiger charge is 2.12. The molecule has 0 atom stereocenters. The quantitative estimate of drug-likeness (QED) is 0.663. The normalized spacial score (nSPS) is 10.3. The van der Waals surface area contributed by atoms with Crippen molar-refractivity contribution in [1.29, 1.82) is 0 Å². The lowest BCUT2D eigenvalue weighted by Crippen LogP contribution is -2.16. The van der Waals surface area contributed by atoms with Crippen LogP contribution in [0, 0.1) is 13.8 Å². The number of benzene rings is 2. The van der Waals surface area contributed by atoms with Crippen LogP contribution in [-0.2, 0) is 0 Å². The van der Waals surface area contributed by atoms with Gasteiger partial charge in [0.2, 0.25) is 5.95 Å². The van der Waals surface area contributed by atoms with Gasteiger partial charge >= 0.3 is 0 Å². The number of aromatic nitrogens is 2. The molecule has 27 heavy (non-hydrogen) atoms. The number of carbonyl (C=O) groups excluding carboxylic acids is 2. The Kier molecular flexibility index (Phi) is 5.26. The highest BCUT2D eigenvalue weighted by molar-refractivity contribution is 6.03. The average molecular weight is 360 g/mol. The molecule has 0 radical (unpaired) electrons. The SMILES string of the molecule is CC(=O)c1ccc(Nc2nc(C)cc(C(=O)Nc3ccccc3C)n2)cc1. The molecule has 3 rings (SSSR count). The Hall–Kier alpha value is -3.54. The zero-order chi connectivity index (χ0) is 19.4. The van der Waals surface area contributed by atoms with E-state index in [4.69, 9.17) is 0 Å². The zero-order valence-electron chi connectivity index (χ0n) is 15.4. The molecule has 2 aromatic carbocycles. The molecule has 1 heterocycles. The largest absolute Gasteiger partial charge is 0.324 e. The van der Waals surface area contributed by atoms with E-state index >= 15 is 0 Å². The van der Waals surface area contributed by atoms with Gasteiger partial charge in [0.25, 0.3) is 5.91 Å². The van der Waals surface area contributed by atoms with Gasteiger partial charge in [0, 0.05) is 22.6 Å². The Morgan fingerprint density at radius 2 is 1.63 bits per heavy atom. The standard InChI is InChI=1S/C21H20N4O2/c1-13-6-4-5-7-18(13)24-20(27)19-12-14(2)22-21(25-19)23-17-10-8-16(9-11-17)15(3)26/h4-12H,1-3H3,(H,24,27)(H,22,23,25). The van der Waals surface area contributed by atoms with E-state index in [0.717, 1.165) is 16.9 Å². The van der Waals surface area contributed by atoms with Crippen molar-refractivity contribution in [3.8, 4) is 0 Å². The fourth-order valence-electron chi connectivity index (χ4n) is 2.56. The second kappa shape index (κ2) is 7.78. The maximum absolute atomic E-state index is 12.6. The Morgan fingerprint density at radius 3 is 2.30 bits per heavy atom. The van der Waals surface area contributed by atoms with Gasteiger partial charge in [-0.3, -0.25) is 9.59 Å². The molecule has 6 nitrogen and oxygen atoms in total. The number of para-hydroxylation sites is 1. The van der Waals surface area contributed by atoms with Gasteiger partial charge < -0.3 is 10.6 Å². The highest BCUT2D eigenvalue weighted by atomic mass is 16.2. The van der Waals surface area contributed by atoms with Crippen LogP contribution in [0.25, 0.3) is 0 Å². The van der Waals surface area contributed by atoms with Crippen LogP contribution >= 0.6 is 0 Å². The van der Waals surface area contributed by atoms with E-state index in [1.165, 1.54) is 6.92 Å². The molecule has 0 fully saturated rings. The van der Waals surface area contributed by atoms with Crippen LogP contribution in [0.15, 0.2) is 54.6 Å². The number of aryl methyl sites for hydroxylation is 2.